The second kappa shape index (κ2) is 4.24. The maximum Gasteiger partial charge on any atom is 0.401 e. The maximum absolute atomic E-state index is 11.9. The molecule has 2 rings (SSSR count). The third kappa shape index (κ3) is 3.42. The molecule has 96 valence electrons. The minimum absolute atomic E-state index is 0.184. The zero-order chi connectivity index (χ0) is 12.7. The first-order valence-electron chi connectivity index (χ1n) is 5.50. The molecule has 1 unspecified atom stereocenters. The predicted octanol–water partition coefficient (Wildman–Crippen LogP) is 3.31. The topological polar surface area (TPSA) is 24.9 Å². The van der Waals surface area contributed by atoms with Crippen LogP contribution in [0, 0.1) is 5.41 Å². The first-order valence-corrected chi connectivity index (χ1v) is 6.38. The van der Waals surface area contributed by atoms with Crippen LogP contribution in [-0.2, 0) is 6.54 Å². The highest BCUT2D eigenvalue weighted by Gasteiger charge is 2.48. The molecule has 0 aromatic carbocycles. The Labute approximate surface area is 102 Å². The minimum atomic E-state index is -4.16. The highest BCUT2D eigenvalue weighted by atomic mass is 32.1. The number of nitrogens with one attached hydrogen (secondary N) is 1. The lowest BCUT2D eigenvalue weighted by Gasteiger charge is -2.06. The summed E-state index contributed by atoms with van der Waals surface area (Å²) in [4.78, 5) is 4.38. The van der Waals surface area contributed by atoms with Gasteiger partial charge in [0.05, 0.1) is 17.2 Å². The van der Waals surface area contributed by atoms with E-state index in [9.17, 15) is 13.2 Å². The summed E-state index contributed by atoms with van der Waals surface area (Å²) >= 11 is 1.55. The van der Waals surface area contributed by atoms with Gasteiger partial charge in [-0.2, -0.15) is 13.2 Å². The van der Waals surface area contributed by atoms with Gasteiger partial charge in [-0.15, -0.1) is 11.3 Å². The Bertz CT molecular complexity index is 398. The van der Waals surface area contributed by atoms with Crippen molar-refractivity contribution >= 4 is 11.3 Å². The standard InChI is InChI=1S/C11H15F3N2S/c1-10(2)3-8(10)9-16-7(5-17-9)4-15-6-11(12,13)14/h5,8,15H,3-4,6H2,1-2H3. The van der Waals surface area contributed by atoms with E-state index in [0.717, 1.165) is 11.4 Å². The molecule has 1 heterocycles. The van der Waals surface area contributed by atoms with Crippen molar-refractivity contribution < 1.29 is 13.2 Å². The Kier molecular flexibility index (Phi) is 3.20. The predicted molar refractivity (Wildman–Crippen MR) is 61.0 cm³/mol. The summed E-state index contributed by atoms with van der Waals surface area (Å²) in [6, 6.07) is 0. The van der Waals surface area contributed by atoms with Crippen molar-refractivity contribution in [2.75, 3.05) is 6.54 Å². The minimum Gasteiger partial charge on any atom is -0.303 e. The lowest BCUT2D eigenvalue weighted by Crippen LogP contribution is -2.28. The van der Waals surface area contributed by atoms with Crippen LogP contribution >= 0.6 is 11.3 Å². The molecule has 1 aromatic heterocycles. The Morgan fingerprint density at radius 3 is 2.71 bits per heavy atom. The van der Waals surface area contributed by atoms with Gasteiger partial charge in [-0.05, 0) is 11.8 Å². The van der Waals surface area contributed by atoms with Gasteiger partial charge in [0.15, 0.2) is 0 Å². The van der Waals surface area contributed by atoms with Crippen molar-refractivity contribution in [1.82, 2.24) is 10.3 Å². The summed E-state index contributed by atoms with van der Waals surface area (Å²) in [7, 11) is 0. The lowest BCUT2D eigenvalue weighted by molar-refractivity contribution is -0.125. The molecule has 0 spiro atoms. The molecule has 1 fully saturated rings. The molecule has 1 atom stereocenters. The lowest BCUT2D eigenvalue weighted by atomic mass is 10.1. The van der Waals surface area contributed by atoms with Crippen LogP contribution in [0.1, 0.15) is 36.9 Å². The summed E-state index contributed by atoms with van der Waals surface area (Å²) in [5.74, 6) is 0.490. The Morgan fingerprint density at radius 1 is 1.53 bits per heavy atom. The average Bonchev–Trinajstić information content (AvgIpc) is 2.60. The number of thiazole rings is 1. The molecule has 1 aliphatic rings. The second-order valence-electron chi connectivity index (χ2n) is 5.14. The van der Waals surface area contributed by atoms with Crippen molar-refractivity contribution in [3.05, 3.63) is 16.1 Å². The van der Waals surface area contributed by atoms with E-state index in [1.54, 1.807) is 11.3 Å². The Balaban J connectivity index is 1.83. The van der Waals surface area contributed by atoms with E-state index in [1.807, 2.05) is 5.38 Å². The number of aromatic nitrogens is 1. The number of nitrogens with zero attached hydrogens (tertiary/aromatic N) is 1. The fraction of sp³-hybridized carbons (Fsp3) is 0.727. The van der Waals surface area contributed by atoms with Crippen LogP contribution in [0.5, 0.6) is 0 Å². The Morgan fingerprint density at radius 2 is 2.18 bits per heavy atom. The van der Waals surface area contributed by atoms with Crippen molar-refractivity contribution in [2.24, 2.45) is 5.41 Å². The number of halogens is 3. The molecule has 17 heavy (non-hydrogen) atoms. The molecular weight excluding hydrogens is 249 g/mol. The third-order valence-corrected chi connectivity index (χ3v) is 4.02. The van der Waals surface area contributed by atoms with E-state index in [1.165, 1.54) is 0 Å². The zero-order valence-corrected chi connectivity index (χ0v) is 10.6. The maximum atomic E-state index is 11.9. The normalized spacial score (nSPS) is 22.8. The van der Waals surface area contributed by atoms with Crippen LogP contribution in [0.25, 0.3) is 0 Å². The number of rotatable bonds is 4. The third-order valence-electron chi connectivity index (χ3n) is 3.01. The smallest absolute Gasteiger partial charge is 0.303 e. The monoisotopic (exact) mass is 264 g/mol. The van der Waals surface area contributed by atoms with Crippen molar-refractivity contribution in [2.45, 2.75) is 38.9 Å². The number of hydrogen-bond donors (Lipinski definition) is 1. The number of alkyl halides is 3. The van der Waals surface area contributed by atoms with Gasteiger partial charge < -0.3 is 5.32 Å². The zero-order valence-electron chi connectivity index (χ0n) is 9.77. The van der Waals surface area contributed by atoms with Gasteiger partial charge in [0.25, 0.3) is 0 Å². The van der Waals surface area contributed by atoms with Crippen LogP contribution in [-0.4, -0.2) is 17.7 Å². The summed E-state index contributed by atoms with van der Waals surface area (Å²) in [6.45, 7) is 3.58. The van der Waals surface area contributed by atoms with Crippen molar-refractivity contribution in [1.29, 1.82) is 0 Å². The van der Waals surface area contributed by atoms with E-state index < -0.39 is 12.7 Å². The Hall–Kier alpha value is -0.620. The van der Waals surface area contributed by atoms with Gasteiger partial charge >= 0.3 is 6.18 Å². The van der Waals surface area contributed by atoms with Crippen LogP contribution in [0.3, 0.4) is 0 Å². The highest BCUT2D eigenvalue weighted by molar-refractivity contribution is 7.09. The van der Waals surface area contributed by atoms with Crippen molar-refractivity contribution in [3.63, 3.8) is 0 Å². The van der Waals surface area contributed by atoms with Crippen molar-refractivity contribution in [3.8, 4) is 0 Å². The molecule has 0 aliphatic heterocycles. The summed E-state index contributed by atoms with van der Waals surface area (Å²) in [6.07, 6.45) is -3.03. The molecular formula is C11H15F3N2S. The van der Waals surface area contributed by atoms with Gasteiger partial charge in [-0.3, -0.25) is 0 Å². The molecule has 0 saturated heterocycles. The van der Waals surface area contributed by atoms with Gasteiger partial charge in [0.1, 0.15) is 0 Å². The van der Waals surface area contributed by atoms with Gasteiger partial charge in [-0.25, -0.2) is 4.98 Å². The molecule has 0 radical (unpaired) electrons. The SMILES string of the molecule is CC1(C)CC1c1nc(CNCC(F)(F)F)cs1. The fourth-order valence-corrected chi connectivity index (χ4v) is 2.91. The summed E-state index contributed by atoms with van der Waals surface area (Å²) in [5.41, 5.74) is 1.02. The molecule has 0 bridgehead atoms. The van der Waals surface area contributed by atoms with Gasteiger partial charge in [-0.1, -0.05) is 13.8 Å². The van der Waals surface area contributed by atoms with E-state index in [4.69, 9.17) is 0 Å². The number of hydrogen-bond acceptors (Lipinski definition) is 3. The molecule has 1 saturated carbocycles. The van der Waals surface area contributed by atoms with Gasteiger partial charge in [0, 0.05) is 17.8 Å². The summed E-state index contributed by atoms with van der Waals surface area (Å²) < 4.78 is 35.8. The van der Waals surface area contributed by atoms with Crippen LogP contribution in [0.4, 0.5) is 13.2 Å². The molecule has 1 N–H and O–H groups in total. The van der Waals surface area contributed by atoms with Crippen LogP contribution in [0.2, 0.25) is 0 Å². The van der Waals surface area contributed by atoms with Crippen LogP contribution in [0.15, 0.2) is 5.38 Å². The highest BCUT2D eigenvalue weighted by Crippen LogP contribution is 2.59. The van der Waals surface area contributed by atoms with E-state index >= 15 is 0 Å². The van der Waals surface area contributed by atoms with E-state index in [0.29, 0.717) is 17.0 Å². The largest absolute Gasteiger partial charge is 0.401 e. The first kappa shape index (κ1) is 12.8. The molecule has 1 aliphatic carbocycles. The van der Waals surface area contributed by atoms with E-state index in [-0.39, 0.29) is 6.54 Å². The van der Waals surface area contributed by atoms with Gasteiger partial charge in [0.2, 0.25) is 0 Å². The second-order valence-corrected chi connectivity index (χ2v) is 6.03. The summed E-state index contributed by atoms with van der Waals surface area (Å²) in [5, 5.41) is 5.25. The van der Waals surface area contributed by atoms with Crippen LogP contribution < -0.4 is 5.32 Å². The molecule has 1 aromatic rings. The molecule has 2 nitrogen and oxygen atoms in total. The van der Waals surface area contributed by atoms with E-state index in [2.05, 4.69) is 24.1 Å². The quantitative estimate of drug-likeness (QED) is 0.902. The molecule has 6 heteroatoms. The average molecular weight is 264 g/mol. The molecule has 0 amide bonds. The first-order chi connectivity index (χ1) is 7.78. The fourth-order valence-electron chi connectivity index (χ4n) is 1.78.